The highest BCUT2D eigenvalue weighted by Crippen LogP contribution is 2.25. The highest BCUT2D eigenvalue weighted by molar-refractivity contribution is 5.42. The maximum atomic E-state index is 9.13. The molecular weight excluding hydrogens is 230 g/mol. The van der Waals surface area contributed by atoms with Gasteiger partial charge in [-0.3, -0.25) is 5.43 Å². The topological polar surface area (TPSA) is 96.1 Å². The van der Waals surface area contributed by atoms with E-state index in [1.165, 1.54) is 0 Å². The number of hydrogen-bond acceptors (Lipinski definition) is 6. The molecule has 0 bridgehead atoms. The summed E-state index contributed by atoms with van der Waals surface area (Å²) in [6.07, 6.45) is 0.665. The molecule has 0 radical (unpaired) electrons. The Bertz CT molecular complexity index is 389. The summed E-state index contributed by atoms with van der Waals surface area (Å²) in [5, 5.41) is 12.5. The molecule has 0 fully saturated rings. The molecule has 6 heteroatoms. The Morgan fingerprint density at radius 1 is 1.39 bits per heavy atom. The monoisotopic (exact) mass is 253 g/mol. The molecule has 0 aliphatic rings. The number of nitrogens with one attached hydrogen (secondary N) is 2. The number of nitrogens with two attached hydrogens (primary N) is 1. The number of rotatable bonds is 5. The van der Waals surface area contributed by atoms with Gasteiger partial charge in [0.2, 0.25) is 5.95 Å². The summed E-state index contributed by atoms with van der Waals surface area (Å²) in [7, 11) is 0. The van der Waals surface area contributed by atoms with Gasteiger partial charge in [-0.25, -0.2) is 10.8 Å². The molecule has 6 nitrogen and oxygen atoms in total. The summed E-state index contributed by atoms with van der Waals surface area (Å²) in [6, 6.07) is 1.99. The number of aliphatic hydroxyl groups is 1. The fourth-order valence-electron chi connectivity index (χ4n) is 1.74. The van der Waals surface area contributed by atoms with Gasteiger partial charge in [-0.15, -0.1) is 0 Å². The highest BCUT2D eigenvalue weighted by atomic mass is 16.3. The van der Waals surface area contributed by atoms with Crippen LogP contribution in [0.2, 0.25) is 0 Å². The van der Waals surface area contributed by atoms with Crippen LogP contribution in [0.1, 0.15) is 32.9 Å². The van der Waals surface area contributed by atoms with E-state index in [4.69, 9.17) is 10.9 Å². The first-order valence-electron chi connectivity index (χ1n) is 6.06. The van der Waals surface area contributed by atoms with Crippen LogP contribution in [-0.4, -0.2) is 27.7 Å². The molecule has 1 unspecified atom stereocenters. The van der Waals surface area contributed by atoms with Crippen LogP contribution in [0.5, 0.6) is 0 Å². The van der Waals surface area contributed by atoms with E-state index in [2.05, 4.69) is 41.5 Å². The van der Waals surface area contributed by atoms with E-state index in [0.29, 0.717) is 18.2 Å². The standard InChI is InChI=1S/C12H23N5O/c1-8-7-10(16-11(14-8)17-13)15-9(5-6-18)12(2,3)4/h7,9,18H,5-6,13H2,1-4H3,(H2,14,15,16,17). The molecule has 102 valence electrons. The lowest BCUT2D eigenvalue weighted by atomic mass is 9.85. The minimum atomic E-state index is 0.0257. The van der Waals surface area contributed by atoms with Gasteiger partial charge in [0.25, 0.3) is 0 Å². The Balaban J connectivity index is 2.90. The Labute approximate surface area is 108 Å². The van der Waals surface area contributed by atoms with Crippen LogP contribution in [-0.2, 0) is 0 Å². The van der Waals surface area contributed by atoms with Crippen molar-refractivity contribution in [3.8, 4) is 0 Å². The van der Waals surface area contributed by atoms with Crippen molar-refractivity contribution in [2.24, 2.45) is 11.3 Å². The second-order valence-electron chi connectivity index (χ2n) is 5.44. The Morgan fingerprint density at radius 2 is 2.06 bits per heavy atom. The van der Waals surface area contributed by atoms with E-state index in [9.17, 15) is 0 Å². The van der Waals surface area contributed by atoms with Gasteiger partial charge in [0.05, 0.1) is 0 Å². The summed E-state index contributed by atoms with van der Waals surface area (Å²) in [6.45, 7) is 8.39. The number of hydrazine groups is 1. The number of nitrogens with zero attached hydrogens (tertiary/aromatic N) is 2. The number of aliphatic hydroxyl groups excluding tert-OH is 1. The van der Waals surface area contributed by atoms with Crippen molar-refractivity contribution in [1.29, 1.82) is 0 Å². The maximum Gasteiger partial charge on any atom is 0.239 e. The lowest BCUT2D eigenvalue weighted by Crippen LogP contribution is -2.35. The van der Waals surface area contributed by atoms with Crippen LogP contribution in [0.3, 0.4) is 0 Å². The first-order chi connectivity index (χ1) is 8.36. The lowest BCUT2D eigenvalue weighted by Gasteiger charge is -2.31. The zero-order chi connectivity index (χ0) is 13.8. The van der Waals surface area contributed by atoms with Crippen molar-refractivity contribution in [2.75, 3.05) is 17.3 Å². The van der Waals surface area contributed by atoms with Gasteiger partial charge in [0, 0.05) is 24.4 Å². The molecule has 0 aliphatic carbocycles. The van der Waals surface area contributed by atoms with Crippen molar-refractivity contribution in [2.45, 2.75) is 40.2 Å². The third-order valence-corrected chi connectivity index (χ3v) is 2.77. The Morgan fingerprint density at radius 3 is 2.56 bits per heavy atom. The minimum absolute atomic E-state index is 0.0257. The van der Waals surface area contributed by atoms with Crippen LogP contribution < -0.4 is 16.6 Å². The maximum absolute atomic E-state index is 9.13. The molecule has 1 aromatic rings. The van der Waals surface area contributed by atoms with E-state index in [0.717, 1.165) is 5.69 Å². The van der Waals surface area contributed by atoms with Crippen LogP contribution >= 0.6 is 0 Å². The van der Waals surface area contributed by atoms with Crippen LogP contribution in [0.25, 0.3) is 0 Å². The van der Waals surface area contributed by atoms with Gasteiger partial charge in [-0.05, 0) is 18.8 Å². The SMILES string of the molecule is Cc1cc(NC(CCO)C(C)(C)C)nc(NN)n1. The molecule has 0 aliphatic heterocycles. The average molecular weight is 253 g/mol. The molecule has 1 rings (SSSR count). The third kappa shape index (κ3) is 4.12. The fraction of sp³-hybridized carbons (Fsp3) is 0.667. The van der Waals surface area contributed by atoms with Crippen LogP contribution in [0, 0.1) is 12.3 Å². The molecule has 5 N–H and O–H groups in total. The quantitative estimate of drug-likeness (QED) is 0.466. The van der Waals surface area contributed by atoms with Crippen LogP contribution in [0.15, 0.2) is 6.07 Å². The van der Waals surface area contributed by atoms with E-state index in [-0.39, 0.29) is 18.1 Å². The van der Waals surface area contributed by atoms with Crippen molar-refractivity contribution in [3.63, 3.8) is 0 Å². The van der Waals surface area contributed by atoms with E-state index >= 15 is 0 Å². The number of anilines is 2. The molecule has 18 heavy (non-hydrogen) atoms. The Kier molecular flexibility index (Phi) is 4.86. The summed E-state index contributed by atoms with van der Waals surface area (Å²) in [4.78, 5) is 8.38. The molecule has 0 spiro atoms. The van der Waals surface area contributed by atoms with Crippen molar-refractivity contribution in [3.05, 3.63) is 11.8 Å². The van der Waals surface area contributed by atoms with Gasteiger partial charge in [-0.2, -0.15) is 4.98 Å². The van der Waals surface area contributed by atoms with E-state index in [1.54, 1.807) is 0 Å². The zero-order valence-corrected chi connectivity index (χ0v) is 11.5. The summed E-state index contributed by atoms with van der Waals surface area (Å²) >= 11 is 0. The zero-order valence-electron chi connectivity index (χ0n) is 11.5. The van der Waals surface area contributed by atoms with E-state index < -0.39 is 0 Å². The predicted molar refractivity (Wildman–Crippen MR) is 73.1 cm³/mol. The first kappa shape index (κ1) is 14.7. The molecule has 1 aromatic heterocycles. The number of aromatic nitrogens is 2. The first-order valence-corrected chi connectivity index (χ1v) is 6.06. The number of hydrogen-bond donors (Lipinski definition) is 4. The van der Waals surface area contributed by atoms with Crippen LogP contribution in [0.4, 0.5) is 11.8 Å². The normalized spacial score (nSPS) is 13.2. The number of nitrogen functional groups attached to an aromatic ring is 1. The van der Waals surface area contributed by atoms with Crippen molar-refractivity contribution < 1.29 is 5.11 Å². The van der Waals surface area contributed by atoms with Gasteiger partial charge >= 0.3 is 0 Å². The Hall–Kier alpha value is -1.40. The second kappa shape index (κ2) is 5.97. The molecule has 1 atom stereocenters. The fourth-order valence-corrected chi connectivity index (χ4v) is 1.74. The third-order valence-electron chi connectivity index (χ3n) is 2.77. The molecular formula is C12H23N5O. The lowest BCUT2D eigenvalue weighted by molar-refractivity contribution is 0.235. The van der Waals surface area contributed by atoms with E-state index in [1.807, 2.05) is 13.0 Å². The largest absolute Gasteiger partial charge is 0.396 e. The number of aryl methyl sites for hydroxylation is 1. The summed E-state index contributed by atoms with van der Waals surface area (Å²) < 4.78 is 0. The van der Waals surface area contributed by atoms with Crippen molar-refractivity contribution >= 4 is 11.8 Å². The molecule has 1 heterocycles. The smallest absolute Gasteiger partial charge is 0.239 e. The van der Waals surface area contributed by atoms with Crippen molar-refractivity contribution in [1.82, 2.24) is 9.97 Å². The second-order valence-corrected chi connectivity index (χ2v) is 5.44. The van der Waals surface area contributed by atoms with Gasteiger partial charge in [0.1, 0.15) is 5.82 Å². The molecule has 0 aromatic carbocycles. The van der Waals surface area contributed by atoms with Gasteiger partial charge in [0.15, 0.2) is 0 Å². The molecule has 0 saturated carbocycles. The minimum Gasteiger partial charge on any atom is -0.396 e. The predicted octanol–water partition coefficient (Wildman–Crippen LogP) is 1.28. The average Bonchev–Trinajstić information content (AvgIpc) is 2.26. The highest BCUT2D eigenvalue weighted by Gasteiger charge is 2.24. The molecule has 0 amide bonds. The summed E-state index contributed by atoms with van der Waals surface area (Å²) in [5.41, 5.74) is 3.30. The van der Waals surface area contributed by atoms with Gasteiger partial charge < -0.3 is 10.4 Å². The summed E-state index contributed by atoms with van der Waals surface area (Å²) in [5.74, 6) is 6.42. The van der Waals surface area contributed by atoms with Gasteiger partial charge in [-0.1, -0.05) is 20.8 Å². The molecule has 0 saturated heterocycles.